The third kappa shape index (κ3) is 4.43. The van der Waals surface area contributed by atoms with Gasteiger partial charge in [0.15, 0.2) is 6.29 Å². The van der Waals surface area contributed by atoms with Crippen LogP contribution in [-0.2, 0) is 15.9 Å². The number of anilines is 1. The Bertz CT molecular complexity index is 897. The molecule has 0 unspecified atom stereocenters. The standard InChI is InChI=1S/C25H30BrNO3/c1-29-25(30-2)18-12-14-27(15-13-18)20-8-6-17(7-9-20)24-22-11-10-21(28)16-19(22)4-3-5-23(24)26/h6-11,16,18,25,28H,3-5,12-15H2,1-2H3. The number of rotatable bonds is 5. The minimum atomic E-state index is -0.103. The molecule has 2 aliphatic rings. The molecule has 0 spiro atoms. The predicted octanol–water partition coefficient (Wildman–Crippen LogP) is 5.72. The second-order valence-electron chi connectivity index (χ2n) is 8.19. The molecular weight excluding hydrogens is 442 g/mol. The van der Waals surface area contributed by atoms with E-state index in [-0.39, 0.29) is 6.29 Å². The largest absolute Gasteiger partial charge is 0.508 e. The van der Waals surface area contributed by atoms with Gasteiger partial charge in [0.2, 0.25) is 0 Å². The number of allylic oxidation sites excluding steroid dienone is 1. The lowest BCUT2D eigenvalue weighted by Gasteiger charge is -2.36. The van der Waals surface area contributed by atoms with Crippen molar-refractivity contribution in [2.45, 2.75) is 38.4 Å². The van der Waals surface area contributed by atoms with Gasteiger partial charge in [-0.15, -0.1) is 0 Å². The van der Waals surface area contributed by atoms with E-state index in [1.165, 1.54) is 32.4 Å². The zero-order valence-electron chi connectivity index (χ0n) is 17.7. The second kappa shape index (κ2) is 9.54. The maximum atomic E-state index is 9.92. The van der Waals surface area contributed by atoms with Gasteiger partial charge in [0, 0.05) is 43.4 Å². The lowest BCUT2D eigenvalue weighted by molar-refractivity contribution is -0.141. The normalized spacial score (nSPS) is 17.9. The molecular formula is C25H30BrNO3. The topological polar surface area (TPSA) is 41.9 Å². The fourth-order valence-corrected chi connectivity index (χ4v) is 5.52. The van der Waals surface area contributed by atoms with E-state index in [0.717, 1.165) is 45.2 Å². The fraction of sp³-hybridized carbons (Fsp3) is 0.440. The summed E-state index contributed by atoms with van der Waals surface area (Å²) in [5.74, 6) is 0.796. The van der Waals surface area contributed by atoms with Crippen molar-refractivity contribution in [2.24, 2.45) is 5.92 Å². The number of hydrogen-bond donors (Lipinski definition) is 1. The molecule has 1 N–H and O–H groups in total. The maximum absolute atomic E-state index is 9.92. The van der Waals surface area contributed by atoms with Crippen molar-refractivity contribution in [3.8, 4) is 5.75 Å². The van der Waals surface area contributed by atoms with Gasteiger partial charge in [-0.25, -0.2) is 0 Å². The number of phenols is 1. The smallest absolute Gasteiger partial charge is 0.159 e. The average Bonchev–Trinajstić information content (AvgIpc) is 2.93. The first kappa shape index (κ1) is 21.4. The SMILES string of the molecule is COC(OC)C1CCN(c2ccc(C3=C(Br)CCCc4cc(O)ccc43)cc2)CC1. The number of benzene rings is 2. The molecule has 5 heteroatoms. The van der Waals surface area contributed by atoms with Crippen LogP contribution in [0.15, 0.2) is 46.9 Å². The second-order valence-corrected chi connectivity index (χ2v) is 9.14. The van der Waals surface area contributed by atoms with E-state index in [1.807, 2.05) is 12.1 Å². The van der Waals surface area contributed by atoms with Crippen molar-refractivity contribution in [1.82, 2.24) is 0 Å². The Morgan fingerprint density at radius 1 is 1.00 bits per heavy atom. The van der Waals surface area contributed by atoms with Gasteiger partial charge in [0.25, 0.3) is 0 Å². The summed E-state index contributed by atoms with van der Waals surface area (Å²) in [7, 11) is 3.44. The molecule has 1 aliphatic carbocycles. The predicted molar refractivity (Wildman–Crippen MR) is 125 cm³/mol. The number of ether oxygens (including phenoxy) is 2. The number of methoxy groups -OCH3 is 2. The van der Waals surface area contributed by atoms with E-state index in [1.54, 1.807) is 20.3 Å². The molecule has 30 heavy (non-hydrogen) atoms. The first-order chi connectivity index (χ1) is 14.6. The van der Waals surface area contributed by atoms with Gasteiger partial charge < -0.3 is 19.5 Å². The van der Waals surface area contributed by atoms with Crippen LogP contribution in [0.3, 0.4) is 0 Å². The number of piperidine rings is 1. The van der Waals surface area contributed by atoms with Crippen LogP contribution < -0.4 is 4.90 Å². The van der Waals surface area contributed by atoms with E-state index in [0.29, 0.717) is 11.7 Å². The van der Waals surface area contributed by atoms with Crippen LogP contribution in [-0.4, -0.2) is 38.7 Å². The molecule has 4 rings (SSSR count). The quantitative estimate of drug-likeness (QED) is 0.566. The molecule has 4 nitrogen and oxygen atoms in total. The van der Waals surface area contributed by atoms with Crippen molar-refractivity contribution < 1.29 is 14.6 Å². The van der Waals surface area contributed by atoms with Gasteiger partial charge in [-0.2, -0.15) is 0 Å². The zero-order chi connectivity index (χ0) is 21.1. The number of aryl methyl sites for hydroxylation is 1. The Morgan fingerprint density at radius 2 is 1.70 bits per heavy atom. The van der Waals surface area contributed by atoms with E-state index in [4.69, 9.17) is 9.47 Å². The summed E-state index contributed by atoms with van der Waals surface area (Å²) in [5, 5.41) is 9.92. The summed E-state index contributed by atoms with van der Waals surface area (Å²) < 4.78 is 12.1. The van der Waals surface area contributed by atoms with Gasteiger partial charge in [-0.05, 0) is 78.6 Å². The Kier molecular flexibility index (Phi) is 6.81. The fourth-order valence-electron chi connectivity index (χ4n) is 4.80. The van der Waals surface area contributed by atoms with Crippen molar-refractivity contribution in [1.29, 1.82) is 0 Å². The number of nitrogens with zero attached hydrogens (tertiary/aromatic N) is 1. The molecule has 1 aliphatic heterocycles. The van der Waals surface area contributed by atoms with Crippen LogP contribution in [0.25, 0.3) is 5.57 Å². The molecule has 1 saturated heterocycles. The molecule has 1 heterocycles. The number of phenolic OH excluding ortho intramolecular Hbond substituents is 1. The minimum Gasteiger partial charge on any atom is -0.508 e. The van der Waals surface area contributed by atoms with Crippen LogP contribution in [0.2, 0.25) is 0 Å². The molecule has 0 amide bonds. The molecule has 0 bridgehead atoms. The van der Waals surface area contributed by atoms with E-state index < -0.39 is 0 Å². The van der Waals surface area contributed by atoms with Crippen molar-refractivity contribution in [2.75, 3.05) is 32.2 Å². The molecule has 0 saturated carbocycles. The number of halogens is 1. The van der Waals surface area contributed by atoms with E-state index in [9.17, 15) is 5.11 Å². The third-order valence-electron chi connectivity index (χ3n) is 6.38. The molecule has 0 radical (unpaired) electrons. The monoisotopic (exact) mass is 471 g/mol. The van der Waals surface area contributed by atoms with Crippen LogP contribution >= 0.6 is 15.9 Å². The highest BCUT2D eigenvalue weighted by atomic mass is 79.9. The van der Waals surface area contributed by atoms with Gasteiger partial charge in [0.1, 0.15) is 5.75 Å². The number of aromatic hydroxyl groups is 1. The van der Waals surface area contributed by atoms with Gasteiger partial charge in [-0.3, -0.25) is 0 Å². The molecule has 0 atom stereocenters. The van der Waals surface area contributed by atoms with Crippen molar-refractivity contribution in [3.05, 3.63) is 63.6 Å². The summed E-state index contributed by atoms with van der Waals surface area (Å²) in [4.78, 5) is 2.45. The summed E-state index contributed by atoms with van der Waals surface area (Å²) in [6, 6.07) is 14.7. The number of fused-ring (bicyclic) bond motifs is 1. The van der Waals surface area contributed by atoms with Gasteiger partial charge in [0.05, 0.1) is 0 Å². The maximum Gasteiger partial charge on any atom is 0.159 e. The summed E-state index contributed by atoms with van der Waals surface area (Å²) in [6.07, 6.45) is 5.12. The average molecular weight is 472 g/mol. The minimum absolute atomic E-state index is 0.103. The summed E-state index contributed by atoms with van der Waals surface area (Å²) >= 11 is 3.84. The van der Waals surface area contributed by atoms with Crippen LogP contribution in [0.5, 0.6) is 5.75 Å². The summed E-state index contributed by atoms with van der Waals surface area (Å²) in [5.41, 5.74) is 6.16. The Labute approximate surface area is 187 Å². The van der Waals surface area contributed by atoms with Crippen LogP contribution in [0.1, 0.15) is 42.4 Å². The molecule has 0 aromatic heterocycles. The Hall–Kier alpha value is -1.82. The van der Waals surface area contributed by atoms with Crippen LogP contribution in [0.4, 0.5) is 5.69 Å². The van der Waals surface area contributed by atoms with Gasteiger partial charge in [-0.1, -0.05) is 34.1 Å². The number of hydrogen-bond acceptors (Lipinski definition) is 4. The third-order valence-corrected chi connectivity index (χ3v) is 7.18. The zero-order valence-corrected chi connectivity index (χ0v) is 19.3. The molecule has 1 fully saturated rings. The molecule has 160 valence electrons. The van der Waals surface area contributed by atoms with Crippen molar-refractivity contribution >= 4 is 27.2 Å². The summed E-state index contributed by atoms with van der Waals surface area (Å²) in [6.45, 7) is 2.03. The molecule has 2 aromatic carbocycles. The van der Waals surface area contributed by atoms with Crippen LogP contribution in [0, 0.1) is 5.92 Å². The Balaban J connectivity index is 1.53. The van der Waals surface area contributed by atoms with Gasteiger partial charge >= 0.3 is 0 Å². The Morgan fingerprint density at radius 3 is 2.37 bits per heavy atom. The van der Waals surface area contributed by atoms with E-state index in [2.05, 4.69) is 45.1 Å². The lowest BCUT2D eigenvalue weighted by Crippen LogP contribution is -2.39. The first-order valence-corrected chi connectivity index (χ1v) is 11.5. The van der Waals surface area contributed by atoms with E-state index >= 15 is 0 Å². The molecule has 2 aromatic rings. The highest BCUT2D eigenvalue weighted by Gasteiger charge is 2.27. The highest BCUT2D eigenvalue weighted by Crippen LogP contribution is 2.39. The lowest BCUT2D eigenvalue weighted by atomic mass is 9.93. The van der Waals surface area contributed by atoms with Crippen molar-refractivity contribution in [3.63, 3.8) is 0 Å². The highest BCUT2D eigenvalue weighted by molar-refractivity contribution is 9.11. The first-order valence-electron chi connectivity index (χ1n) is 10.7.